The number of rotatable bonds is 6. The molecule has 0 spiro atoms. The van der Waals surface area contributed by atoms with Crippen LogP contribution in [0.1, 0.15) is 50.8 Å². The minimum absolute atomic E-state index is 0.0126. The number of nitrogens with zero attached hydrogens (tertiary/aromatic N) is 3. The predicted octanol–water partition coefficient (Wildman–Crippen LogP) is 1.82. The number of hydrogen-bond donors (Lipinski definition) is 0. The normalized spacial score (nSPS) is 20.2. The predicted molar refractivity (Wildman–Crippen MR) is 102 cm³/mol. The lowest BCUT2D eigenvalue weighted by atomic mass is 9.86. The highest BCUT2D eigenvalue weighted by molar-refractivity contribution is 7.89. The lowest BCUT2D eigenvalue weighted by Gasteiger charge is -2.29. The first-order valence-electron chi connectivity index (χ1n) is 9.98. The molecular formula is C19H29N3O5S. The number of imidazole rings is 1. The molecule has 1 aromatic rings. The van der Waals surface area contributed by atoms with Gasteiger partial charge in [-0.1, -0.05) is 19.3 Å². The quantitative estimate of drug-likeness (QED) is 0.662. The molecule has 1 aliphatic heterocycles. The standard InChI is InChI=1S/C19H29N3O5S/c1-14-20-18(12-21(14)2)28(25,26)22-10-8-16(9-11-22)19(24)27-13-17(23)15-6-4-3-5-7-15/h12,15-16H,3-11,13H2,1-2H3. The topological polar surface area (TPSA) is 98.6 Å². The first-order chi connectivity index (χ1) is 13.3. The second-order valence-corrected chi connectivity index (χ2v) is 9.71. The van der Waals surface area contributed by atoms with Crippen LogP contribution in [0.25, 0.3) is 0 Å². The third-order valence-electron chi connectivity index (χ3n) is 5.90. The number of ketones is 1. The Morgan fingerprint density at radius 2 is 1.75 bits per heavy atom. The minimum Gasteiger partial charge on any atom is -0.457 e. The molecule has 2 heterocycles. The Kier molecular flexibility index (Phi) is 6.54. The summed E-state index contributed by atoms with van der Waals surface area (Å²) < 4.78 is 33.7. The Hall–Kier alpha value is -1.74. The molecule has 156 valence electrons. The van der Waals surface area contributed by atoms with Crippen molar-refractivity contribution in [1.29, 1.82) is 0 Å². The maximum atomic E-state index is 12.7. The van der Waals surface area contributed by atoms with Gasteiger partial charge in [0.05, 0.1) is 5.92 Å². The van der Waals surface area contributed by atoms with Gasteiger partial charge in [0.15, 0.2) is 10.8 Å². The van der Waals surface area contributed by atoms with E-state index in [0.29, 0.717) is 18.7 Å². The second kappa shape index (κ2) is 8.73. The Morgan fingerprint density at radius 3 is 2.32 bits per heavy atom. The lowest BCUT2D eigenvalue weighted by Crippen LogP contribution is -2.41. The van der Waals surface area contributed by atoms with Gasteiger partial charge in [-0.15, -0.1) is 0 Å². The zero-order chi connectivity index (χ0) is 20.3. The van der Waals surface area contributed by atoms with E-state index in [2.05, 4.69) is 4.98 Å². The monoisotopic (exact) mass is 411 g/mol. The van der Waals surface area contributed by atoms with Crippen LogP contribution in [-0.4, -0.2) is 53.7 Å². The van der Waals surface area contributed by atoms with Crippen molar-refractivity contribution in [2.24, 2.45) is 18.9 Å². The van der Waals surface area contributed by atoms with Gasteiger partial charge >= 0.3 is 5.97 Å². The molecule has 2 aliphatic rings. The number of esters is 1. The average molecular weight is 412 g/mol. The second-order valence-electron chi connectivity index (χ2n) is 7.82. The van der Waals surface area contributed by atoms with Crippen LogP contribution < -0.4 is 0 Å². The highest BCUT2D eigenvalue weighted by Crippen LogP contribution is 2.26. The van der Waals surface area contributed by atoms with Crippen LogP contribution in [0.5, 0.6) is 0 Å². The molecule has 0 radical (unpaired) electrons. The Morgan fingerprint density at radius 1 is 1.11 bits per heavy atom. The van der Waals surface area contributed by atoms with Crippen molar-refractivity contribution in [3.63, 3.8) is 0 Å². The molecule has 0 unspecified atom stereocenters. The molecule has 8 nitrogen and oxygen atoms in total. The number of ether oxygens (including phenoxy) is 1. The Bertz CT molecular complexity index is 799. The zero-order valence-corrected chi connectivity index (χ0v) is 17.4. The maximum absolute atomic E-state index is 12.7. The fourth-order valence-electron chi connectivity index (χ4n) is 3.92. The number of aromatic nitrogens is 2. The van der Waals surface area contributed by atoms with E-state index in [1.165, 1.54) is 16.9 Å². The van der Waals surface area contributed by atoms with E-state index in [4.69, 9.17) is 4.74 Å². The van der Waals surface area contributed by atoms with E-state index < -0.39 is 16.0 Å². The molecule has 28 heavy (non-hydrogen) atoms. The van der Waals surface area contributed by atoms with Crippen molar-refractivity contribution in [2.75, 3.05) is 19.7 Å². The largest absolute Gasteiger partial charge is 0.457 e. The number of piperidine rings is 1. The Balaban J connectivity index is 1.49. The van der Waals surface area contributed by atoms with Crippen LogP contribution in [0.2, 0.25) is 0 Å². The molecule has 1 saturated carbocycles. The number of aryl methyl sites for hydroxylation is 2. The molecule has 1 aromatic heterocycles. The lowest BCUT2D eigenvalue weighted by molar-refractivity contribution is -0.154. The zero-order valence-electron chi connectivity index (χ0n) is 16.6. The van der Waals surface area contributed by atoms with Crippen molar-refractivity contribution in [1.82, 2.24) is 13.9 Å². The molecule has 1 saturated heterocycles. The van der Waals surface area contributed by atoms with E-state index in [1.807, 2.05) is 0 Å². The highest BCUT2D eigenvalue weighted by atomic mass is 32.2. The van der Waals surface area contributed by atoms with E-state index in [1.54, 1.807) is 18.5 Å². The molecule has 3 rings (SSSR count). The third kappa shape index (κ3) is 4.63. The van der Waals surface area contributed by atoms with Gasteiger partial charge in [-0.3, -0.25) is 9.59 Å². The van der Waals surface area contributed by atoms with Gasteiger partial charge in [-0.25, -0.2) is 13.4 Å². The Labute approximate surface area is 166 Å². The molecule has 0 aromatic carbocycles. The number of carbonyl (C=O) groups is 2. The molecular weight excluding hydrogens is 382 g/mol. The van der Waals surface area contributed by atoms with Crippen LogP contribution in [-0.2, 0) is 31.4 Å². The van der Waals surface area contributed by atoms with Gasteiger partial charge in [-0.2, -0.15) is 4.31 Å². The number of Topliss-reactive ketones (excluding diaryl/α,β-unsaturated/α-hetero) is 1. The van der Waals surface area contributed by atoms with Crippen molar-refractivity contribution in [3.8, 4) is 0 Å². The summed E-state index contributed by atoms with van der Waals surface area (Å²) in [5, 5.41) is 0.0339. The summed E-state index contributed by atoms with van der Waals surface area (Å²) in [5.74, 6) is -0.0976. The SMILES string of the molecule is Cc1nc(S(=O)(=O)N2CCC(C(=O)OCC(=O)C3CCCCC3)CC2)cn1C. The summed E-state index contributed by atoms with van der Waals surface area (Å²) in [5.41, 5.74) is 0. The summed E-state index contributed by atoms with van der Waals surface area (Å²) in [7, 11) is -1.91. The molecule has 0 N–H and O–H groups in total. The fraction of sp³-hybridized carbons (Fsp3) is 0.737. The van der Waals surface area contributed by atoms with Gasteiger partial charge in [0.25, 0.3) is 10.0 Å². The molecule has 1 aliphatic carbocycles. The molecule has 0 bridgehead atoms. The van der Waals surface area contributed by atoms with E-state index in [9.17, 15) is 18.0 Å². The maximum Gasteiger partial charge on any atom is 0.309 e. The van der Waals surface area contributed by atoms with Crippen LogP contribution in [0.3, 0.4) is 0 Å². The number of carbonyl (C=O) groups excluding carboxylic acids is 2. The summed E-state index contributed by atoms with van der Waals surface area (Å²) >= 11 is 0. The summed E-state index contributed by atoms with van der Waals surface area (Å²) in [6, 6.07) is 0. The molecule has 0 amide bonds. The van der Waals surface area contributed by atoms with Crippen molar-refractivity contribution in [2.45, 2.75) is 56.9 Å². The number of hydrogen-bond acceptors (Lipinski definition) is 6. The summed E-state index contributed by atoms with van der Waals surface area (Å²) in [6.07, 6.45) is 7.35. The van der Waals surface area contributed by atoms with Crippen LogP contribution >= 0.6 is 0 Å². The molecule has 2 fully saturated rings. The van der Waals surface area contributed by atoms with Gasteiger partial charge < -0.3 is 9.30 Å². The average Bonchev–Trinajstić information content (AvgIpc) is 3.06. The highest BCUT2D eigenvalue weighted by Gasteiger charge is 2.34. The van der Waals surface area contributed by atoms with E-state index in [-0.39, 0.29) is 42.3 Å². The third-order valence-corrected chi connectivity index (χ3v) is 7.67. The van der Waals surface area contributed by atoms with Crippen LogP contribution in [0.15, 0.2) is 11.2 Å². The van der Waals surface area contributed by atoms with Crippen LogP contribution in [0.4, 0.5) is 0 Å². The number of sulfonamides is 1. The smallest absolute Gasteiger partial charge is 0.309 e. The van der Waals surface area contributed by atoms with Gasteiger partial charge in [-0.05, 0) is 32.6 Å². The van der Waals surface area contributed by atoms with E-state index in [0.717, 1.165) is 25.7 Å². The summed E-state index contributed by atoms with van der Waals surface area (Å²) in [4.78, 5) is 28.6. The minimum atomic E-state index is -3.66. The van der Waals surface area contributed by atoms with Gasteiger partial charge in [0.2, 0.25) is 0 Å². The fourth-order valence-corrected chi connectivity index (χ4v) is 5.41. The van der Waals surface area contributed by atoms with Crippen molar-refractivity contribution >= 4 is 21.8 Å². The van der Waals surface area contributed by atoms with E-state index >= 15 is 0 Å². The first kappa shape index (κ1) is 21.0. The van der Waals surface area contributed by atoms with Crippen LogP contribution in [0, 0.1) is 18.8 Å². The van der Waals surface area contributed by atoms with Crippen molar-refractivity contribution < 1.29 is 22.7 Å². The summed E-state index contributed by atoms with van der Waals surface area (Å²) in [6.45, 7) is 2.08. The molecule has 0 atom stereocenters. The van der Waals surface area contributed by atoms with Gasteiger partial charge in [0, 0.05) is 32.3 Å². The van der Waals surface area contributed by atoms with Crippen molar-refractivity contribution in [3.05, 3.63) is 12.0 Å². The first-order valence-corrected chi connectivity index (χ1v) is 11.4. The van der Waals surface area contributed by atoms with Gasteiger partial charge in [0.1, 0.15) is 12.4 Å². The molecule has 9 heteroatoms.